The molecule has 4 aromatic rings. The summed E-state index contributed by atoms with van der Waals surface area (Å²) in [6, 6.07) is 16.5. The van der Waals surface area contributed by atoms with Crippen LogP contribution >= 0.6 is 0 Å². The quantitative estimate of drug-likeness (QED) is 0.421. The maximum absolute atomic E-state index is 10.9. The maximum Gasteiger partial charge on any atom is 0.150 e. The van der Waals surface area contributed by atoms with Gasteiger partial charge in [0, 0.05) is 47.7 Å². The average Bonchev–Trinajstić information content (AvgIpc) is 3.17. The number of aldehydes is 1. The molecule has 0 saturated carbocycles. The van der Waals surface area contributed by atoms with Crippen molar-refractivity contribution in [1.82, 2.24) is 14.9 Å². The van der Waals surface area contributed by atoms with Crippen LogP contribution in [0.3, 0.4) is 0 Å². The zero-order valence-corrected chi connectivity index (χ0v) is 19.2. The van der Waals surface area contributed by atoms with Crippen LogP contribution in [-0.4, -0.2) is 29.9 Å². The van der Waals surface area contributed by atoms with Gasteiger partial charge in [0.05, 0.1) is 5.52 Å². The number of aryl methyl sites for hydroxylation is 2. The molecule has 32 heavy (non-hydrogen) atoms. The molecule has 0 bridgehead atoms. The van der Waals surface area contributed by atoms with Gasteiger partial charge in [-0.25, -0.2) is 4.98 Å². The molecule has 2 N–H and O–H groups in total. The highest BCUT2D eigenvalue weighted by Gasteiger charge is 2.19. The van der Waals surface area contributed by atoms with Gasteiger partial charge >= 0.3 is 0 Å². The first-order chi connectivity index (χ1) is 15.7. The molecule has 0 aliphatic heterocycles. The van der Waals surface area contributed by atoms with E-state index in [-0.39, 0.29) is 0 Å². The number of benzene rings is 2. The zero-order valence-electron chi connectivity index (χ0n) is 19.2. The Bertz CT molecular complexity index is 1240. The maximum atomic E-state index is 10.9. The number of hydrogen-bond acceptors (Lipinski definition) is 4. The Hall–Kier alpha value is -3.18. The summed E-state index contributed by atoms with van der Waals surface area (Å²) >= 11 is 0. The molecule has 1 aliphatic carbocycles. The Morgan fingerprint density at radius 2 is 1.84 bits per heavy atom. The molecule has 2 heterocycles. The predicted octanol–water partition coefficient (Wildman–Crippen LogP) is 5.35. The van der Waals surface area contributed by atoms with Gasteiger partial charge < -0.3 is 15.2 Å². The third-order valence-corrected chi connectivity index (χ3v) is 6.25. The van der Waals surface area contributed by atoms with Crippen molar-refractivity contribution in [3.63, 3.8) is 0 Å². The summed E-state index contributed by atoms with van der Waals surface area (Å²) in [5, 5.41) is 8.65. The Labute approximate surface area is 189 Å². The van der Waals surface area contributed by atoms with E-state index >= 15 is 0 Å². The van der Waals surface area contributed by atoms with E-state index in [0.29, 0.717) is 0 Å². The van der Waals surface area contributed by atoms with Crippen molar-refractivity contribution in [2.24, 2.45) is 0 Å². The topological polar surface area (TPSA) is 59.0 Å². The van der Waals surface area contributed by atoms with Gasteiger partial charge in [0.15, 0.2) is 0 Å². The number of nitrogens with one attached hydrogen (secondary N) is 2. The van der Waals surface area contributed by atoms with E-state index in [4.69, 9.17) is 0 Å². The Kier molecular flexibility index (Phi) is 6.86. The Morgan fingerprint density at radius 3 is 2.59 bits per heavy atom. The molecule has 0 atom stereocenters. The van der Waals surface area contributed by atoms with Crippen molar-refractivity contribution in [1.29, 1.82) is 0 Å². The lowest BCUT2D eigenvalue weighted by molar-refractivity contribution is 0.112. The lowest BCUT2D eigenvalue weighted by Crippen LogP contribution is -2.06. The number of fused-ring (bicyclic) bond motifs is 4. The van der Waals surface area contributed by atoms with Crippen molar-refractivity contribution >= 4 is 33.9 Å². The van der Waals surface area contributed by atoms with Crippen LogP contribution < -0.4 is 10.6 Å². The number of nitrogens with zero attached hydrogens (tertiary/aromatic N) is 2. The van der Waals surface area contributed by atoms with Crippen molar-refractivity contribution in [3.05, 3.63) is 70.9 Å². The normalized spacial score (nSPS) is 12.8. The van der Waals surface area contributed by atoms with Crippen molar-refractivity contribution in [2.45, 2.75) is 45.7 Å². The van der Waals surface area contributed by atoms with Gasteiger partial charge in [-0.3, -0.25) is 4.79 Å². The van der Waals surface area contributed by atoms with Gasteiger partial charge in [-0.05, 0) is 87.2 Å². The Balaban J connectivity index is 0.000000155. The van der Waals surface area contributed by atoms with Crippen LogP contribution in [0.5, 0.6) is 0 Å². The van der Waals surface area contributed by atoms with Crippen molar-refractivity contribution in [2.75, 3.05) is 19.4 Å². The molecule has 0 radical (unpaired) electrons. The second-order valence-electron chi connectivity index (χ2n) is 8.27. The van der Waals surface area contributed by atoms with E-state index in [2.05, 4.69) is 63.5 Å². The van der Waals surface area contributed by atoms with Gasteiger partial charge in [-0.1, -0.05) is 12.1 Å². The Morgan fingerprint density at radius 1 is 1.03 bits per heavy atom. The molecular weight excluding hydrogens is 396 g/mol. The fourth-order valence-electron chi connectivity index (χ4n) is 4.70. The summed E-state index contributed by atoms with van der Waals surface area (Å²) in [5.41, 5.74) is 7.36. The van der Waals surface area contributed by atoms with Crippen LogP contribution in [-0.2, 0) is 25.9 Å². The SMILES string of the molecule is CCn1c2c(c3cc(C=O)ccc31)CCCC2.CNCc1ccc2ccc(NC)nc2c1. The van der Waals surface area contributed by atoms with Gasteiger partial charge in [-0.2, -0.15) is 0 Å². The fraction of sp³-hybridized carbons (Fsp3) is 0.333. The predicted molar refractivity (Wildman–Crippen MR) is 134 cm³/mol. The van der Waals surface area contributed by atoms with Crippen LogP contribution in [0.2, 0.25) is 0 Å². The largest absolute Gasteiger partial charge is 0.373 e. The second-order valence-corrected chi connectivity index (χ2v) is 8.27. The van der Waals surface area contributed by atoms with Crippen molar-refractivity contribution in [3.8, 4) is 0 Å². The summed E-state index contributed by atoms with van der Waals surface area (Å²) in [6.45, 7) is 4.09. The van der Waals surface area contributed by atoms with E-state index in [0.717, 1.165) is 36.3 Å². The summed E-state index contributed by atoms with van der Waals surface area (Å²) < 4.78 is 2.42. The number of carbonyl (C=O) groups excluding carboxylic acids is 1. The molecular formula is C27H32N4O. The molecule has 0 spiro atoms. The molecule has 166 valence electrons. The lowest BCUT2D eigenvalue weighted by atomic mass is 9.95. The van der Waals surface area contributed by atoms with Gasteiger partial charge in [0.2, 0.25) is 0 Å². The smallest absolute Gasteiger partial charge is 0.150 e. The van der Waals surface area contributed by atoms with Gasteiger partial charge in [0.25, 0.3) is 0 Å². The second kappa shape index (κ2) is 9.96. The molecule has 0 unspecified atom stereocenters. The molecule has 2 aromatic heterocycles. The van der Waals surface area contributed by atoms with E-state index < -0.39 is 0 Å². The third-order valence-electron chi connectivity index (χ3n) is 6.25. The minimum absolute atomic E-state index is 0.791. The highest BCUT2D eigenvalue weighted by atomic mass is 16.1. The molecule has 5 nitrogen and oxygen atoms in total. The zero-order chi connectivity index (χ0) is 22.5. The molecule has 0 amide bonds. The summed E-state index contributed by atoms with van der Waals surface area (Å²) in [7, 11) is 3.83. The number of pyridine rings is 1. The molecule has 0 fully saturated rings. The lowest BCUT2D eigenvalue weighted by Gasteiger charge is -2.14. The molecule has 5 heteroatoms. The van der Waals surface area contributed by atoms with E-state index in [9.17, 15) is 4.79 Å². The summed E-state index contributed by atoms with van der Waals surface area (Å²) in [6.07, 6.45) is 5.87. The molecule has 5 rings (SSSR count). The van der Waals surface area contributed by atoms with Crippen LogP contribution in [0.25, 0.3) is 21.8 Å². The average molecular weight is 429 g/mol. The number of rotatable bonds is 5. The first kappa shape index (κ1) is 22.0. The number of aromatic nitrogens is 2. The number of carbonyl (C=O) groups is 1. The molecule has 1 aliphatic rings. The monoisotopic (exact) mass is 428 g/mol. The minimum atomic E-state index is 0.791. The van der Waals surface area contributed by atoms with Gasteiger partial charge in [0.1, 0.15) is 12.1 Å². The highest BCUT2D eigenvalue weighted by Crippen LogP contribution is 2.32. The molecule has 0 saturated heterocycles. The van der Waals surface area contributed by atoms with Crippen molar-refractivity contribution < 1.29 is 4.79 Å². The van der Waals surface area contributed by atoms with Crippen LogP contribution in [0.15, 0.2) is 48.5 Å². The first-order valence-corrected chi connectivity index (χ1v) is 11.5. The summed E-state index contributed by atoms with van der Waals surface area (Å²) in [4.78, 5) is 15.4. The van der Waals surface area contributed by atoms with E-state index in [1.807, 2.05) is 26.2 Å². The van der Waals surface area contributed by atoms with E-state index in [1.165, 1.54) is 58.8 Å². The summed E-state index contributed by atoms with van der Waals surface area (Å²) in [5.74, 6) is 0.907. The number of hydrogen-bond donors (Lipinski definition) is 2. The van der Waals surface area contributed by atoms with Crippen LogP contribution in [0.1, 0.15) is 46.9 Å². The van der Waals surface area contributed by atoms with E-state index in [1.54, 1.807) is 0 Å². The van der Waals surface area contributed by atoms with Crippen LogP contribution in [0.4, 0.5) is 5.82 Å². The van der Waals surface area contributed by atoms with Crippen LogP contribution in [0, 0.1) is 0 Å². The standard InChI is InChI=1S/C15H17NO.C12H15N3/c1-2-16-14-6-4-3-5-12(14)13-9-11(10-17)7-8-15(13)16;1-13-8-9-3-4-10-5-6-12(14-2)15-11(10)7-9/h7-10H,2-6H2,1H3;3-7,13H,8H2,1-2H3,(H,14,15). The third kappa shape index (κ3) is 4.39. The molecule has 2 aromatic carbocycles. The first-order valence-electron chi connectivity index (χ1n) is 11.5. The highest BCUT2D eigenvalue weighted by molar-refractivity contribution is 5.91. The minimum Gasteiger partial charge on any atom is -0.373 e. The fourth-order valence-corrected chi connectivity index (χ4v) is 4.70. The number of anilines is 1. The van der Waals surface area contributed by atoms with Gasteiger partial charge in [-0.15, -0.1) is 0 Å².